The number of carbonyl (C=O) groups excluding carboxylic acids is 1. The topological polar surface area (TPSA) is 200 Å². The SMILES string of the molecule is CC1(C)CCC(CN2CCN(c3ccc(C(=O)NS(=O)(=O)c4ccc(NCCN5CCn6ncnc6C5)c([N+](=O)[O-])c4)c(N4CCCOc5nc6[nH]ccc6cc54)c3)CC2)=C(c2ccc(Cl)cc2)C1. The zero-order valence-electron chi connectivity index (χ0n) is 38.7. The highest BCUT2D eigenvalue weighted by atomic mass is 35.5. The first-order chi connectivity index (χ1) is 33.3. The molecule has 0 bridgehead atoms. The fourth-order valence-corrected chi connectivity index (χ4v) is 11.0. The lowest BCUT2D eigenvalue weighted by Gasteiger charge is -2.39. The molecule has 18 nitrogen and oxygen atoms in total. The third-order valence-corrected chi connectivity index (χ3v) is 15.3. The number of pyridine rings is 1. The number of hydrogen-bond acceptors (Lipinski definition) is 14. The average molecular weight is 976 g/mol. The molecule has 6 heterocycles. The van der Waals surface area contributed by atoms with Gasteiger partial charge in [0, 0.05) is 87.3 Å². The van der Waals surface area contributed by atoms with E-state index in [-0.39, 0.29) is 16.7 Å². The number of sulfonamides is 1. The fraction of sp³-hybridized carbons (Fsp3) is 0.388. The van der Waals surface area contributed by atoms with Crippen molar-refractivity contribution < 1.29 is 22.9 Å². The number of aromatic nitrogens is 5. The molecule has 1 fully saturated rings. The first-order valence-electron chi connectivity index (χ1n) is 23.4. The molecule has 3 aromatic carbocycles. The molecule has 10 rings (SSSR count). The van der Waals surface area contributed by atoms with Crippen LogP contribution in [0.4, 0.5) is 28.4 Å². The molecule has 1 amide bonds. The number of nitrogens with one attached hydrogen (secondary N) is 3. The van der Waals surface area contributed by atoms with E-state index in [4.69, 9.17) is 21.3 Å². The van der Waals surface area contributed by atoms with Crippen molar-refractivity contribution in [3.63, 3.8) is 0 Å². The maximum Gasteiger partial charge on any atom is 0.293 e. The quantitative estimate of drug-likeness (QED) is 0.0761. The van der Waals surface area contributed by atoms with Crippen molar-refractivity contribution in [2.24, 2.45) is 5.41 Å². The van der Waals surface area contributed by atoms with Gasteiger partial charge in [-0.1, -0.05) is 43.2 Å². The zero-order valence-corrected chi connectivity index (χ0v) is 40.2. The Balaban J connectivity index is 0.894. The van der Waals surface area contributed by atoms with E-state index < -0.39 is 31.4 Å². The lowest BCUT2D eigenvalue weighted by molar-refractivity contribution is -0.384. The van der Waals surface area contributed by atoms with E-state index in [0.717, 1.165) is 86.5 Å². The third-order valence-electron chi connectivity index (χ3n) is 13.7. The monoisotopic (exact) mass is 974 g/mol. The van der Waals surface area contributed by atoms with Crippen LogP contribution in [0, 0.1) is 15.5 Å². The minimum atomic E-state index is -4.60. The second-order valence-electron chi connectivity index (χ2n) is 18.9. The molecular formula is C49H55ClN12O6S. The summed E-state index contributed by atoms with van der Waals surface area (Å²) < 4.78 is 38.3. The van der Waals surface area contributed by atoms with Crippen LogP contribution in [0.1, 0.15) is 61.3 Å². The molecule has 0 saturated carbocycles. The number of allylic oxidation sites excluding steroid dienone is 1. The second-order valence-corrected chi connectivity index (χ2v) is 21.1. The van der Waals surface area contributed by atoms with E-state index in [0.29, 0.717) is 68.7 Å². The van der Waals surface area contributed by atoms with Crippen LogP contribution in [-0.2, 0) is 23.1 Å². The van der Waals surface area contributed by atoms with Gasteiger partial charge in [0.2, 0.25) is 5.88 Å². The maximum absolute atomic E-state index is 14.4. The Morgan fingerprint density at radius 3 is 2.58 bits per heavy atom. The minimum absolute atomic E-state index is 0.105. The Bertz CT molecular complexity index is 3060. The first-order valence-corrected chi connectivity index (χ1v) is 25.3. The number of fused-ring (bicyclic) bond motifs is 3. The smallest absolute Gasteiger partial charge is 0.293 e. The summed E-state index contributed by atoms with van der Waals surface area (Å²) in [7, 11) is -4.60. The summed E-state index contributed by atoms with van der Waals surface area (Å²) >= 11 is 6.28. The van der Waals surface area contributed by atoms with Gasteiger partial charge < -0.3 is 24.8 Å². The van der Waals surface area contributed by atoms with Crippen molar-refractivity contribution in [1.29, 1.82) is 0 Å². The van der Waals surface area contributed by atoms with Crippen LogP contribution >= 0.6 is 11.6 Å². The van der Waals surface area contributed by atoms with Crippen molar-refractivity contribution in [2.75, 3.05) is 80.6 Å². The molecular weight excluding hydrogens is 920 g/mol. The molecule has 0 unspecified atom stereocenters. The summed E-state index contributed by atoms with van der Waals surface area (Å²) in [6, 6.07) is 21.1. The summed E-state index contributed by atoms with van der Waals surface area (Å²) in [4.78, 5) is 46.8. The predicted octanol–water partition coefficient (Wildman–Crippen LogP) is 7.47. The number of nitrogens with zero attached hydrogens (tertiary/aromatic N) is 9. The highest BCUT2D eigenvalue weighted by molar-refractivity contribution is 7.90. The Morgan fingerprint density at radius 2 is 1.77 bits per heavy atom. The van der Waals surface area contributed by atoms with Crippen molar-refractivity contribution >= 4 is 72.6 Å². The van der Waals surface area contributed by atoms with E-state index in [9.17, 15) is 23.3 Å². The molecule has 1 aliphatic carbocycles. The lowest BCUT2D eigenvalue weighted by Crippen LogP contribution is -2.47. The first kappa shape index (κ1) is 46.2. The number of nitro groups is 1. The molecule has 0 spiro atoms. The van der Waals surface area contributed by atoms with Gasteiger partial charge in [-0.3, -0.25) is 24.7 Å². The number of carbonyl (C=O) groups is 1. The standard InChI is InChI=1S/C49H55ClN12O6S/c1-49(2)14-12-35(40(29-49)33-4-6-36(50)7-5-33)30-58-19-22-59(23-20-58)37-8-10-39(42(27-37)60-17-3-25-68-48-44(60)26-34-13-15-52-46(34)55-48)47(63)56-69(66,67)38-9-11-41(43(28-38)62(64)65)51-16-18-57-21-24-61-45(31-57)53-32-54-61/h4-11,13,15,26-28,32,51H,3,12,14,16-25,29-31H2,1-2H3,(H,52,55)(H,56,63). The number of H-pyrrole nitrogens is 1. The van der Waals surface area contributed by atoms with Gasteiger partial charge in [0.1, 0.15) is 29.2 Å². The number of ether oxygens (including phenoxy) is 1. The zero-order chi connectivity index (χ0) is 47.9. The summed E-state index contributed by atoms with van der Waals surface area (Å²) in [5.74, 6) is 0.352. The van der Waals surface area contributed by atoms with Crippen LogP contribution in [-0.4, -0.2) is 119 Å². The molecule has 3 N–H and O–H groups in total. The summed E-state index contributed by atoms with van der Waals surface area (Å²) in [5, 5.41) is 21.2. The van der Waals surface area contributed by atoms with Gasteiger partial charge in [-0.25, -0.2) is 22.8 Å². The number of aromatic amines is 1. The minimum Gasteiger partial charge on any atom is -0.476 e. The molecule has 69 heavy (non-hydrogen) atoms. The van der Waals surface area contributed by atoms with E-state index in [1.807, 2.05) is 46.0 Å². The molecule has 360 valence electrons. The van der Waals surface area contributed by atoms with Crippen LogP contribution < -0.4 is 24.6 Å². The Morgan fingerprint density at radius 1 is 0.957 bits per heavy atom. The van der Waals surface area contributed by atoms with Crippen LogP contribution in [0.3, 0.4) is 0 Å². The van der Waals surface area contributed by atoms with Crippen molar-refractivity contribution in [3.05, 3.63) is 123 Å². The van der Waals surface area contributed by atoms with E-state index in [1.165, 1.54) is 35.2 Å². The number of piperazine rings is 1. The van der Waals surface area contributed by atoms with Gasteiger partial charge in [-0.15, -0.1) is 0 Å². The molecule has 6 aromatic rings. The Hall–Kier alpha value is -6.54. The van der Waals surface area contributed by atoms with Crippen LogP contribution in [0.15, 0.2) is 95.8 Å². The van der Waals surface area contributed by atoms with Crippen molar-refractivity contribution in [2.45, 2.75) is 57.5 Å². The Labute approximate surface area is 405 Å². The molecule has 1 saturated heterocycles. The van der Waals surface area contributed by atoms with E-state index >= 15 is 0 Å². The maximum atomic E-state index is 14.4. The number of nitro benzene ring substituents is 1. The van der Waals surface area contributed by atoms with Gasteiger partial charge in [-0.2, -0.15) is 10.1 Å². The number of amides is 1. The highest BCUT2D eigenvalue weighted by Gasteiger charge is 2.32. The third kappa shape index (κ3) is 9.99. The summed E-state index contributed by atoms with van der Waals surface area (Å²) in [6.45, 7) is 12.5. The van der Waals surface area contributed by atoms with E-state index in [2.05, 4.69) is 65.8 Å². The van der Waals surface area contributed by atoms with Crippen molar-refractivity contribution in [3.8, 4) is 5.88 Å². The van der Waals surface area contributed by atoms with Gasteiger partial charge in [0.05, 0.1) is 40.8 Å². The number of benzene rings is 3. The van der Waals surface area contributed by atoms with Crippen LogP contribution in [0.2, 0.25) is 5.02 Å². The van der Waals surface area contributed by atoms with Gasteiger partial charge in [0.15, 0.2) is 0 Å². The predicted molar refractivity (Wildman–Crippen MR) is 266 cm³/mol. The normalized spacial score (nSPS) is 17.8. The Kier molecular flexibility index (Phi) is 12.8. The lowest BCUT2D eigenvalue weighted by atomic mass is 9.72. The number of anilines is 4. The van der Waals surface area contributed by atoms with Gasteiger partial charge >= 0.3 is 0 Å². The number of rotatable bonds is 13. The van der Waals surface area contributed by atoms with Gasteiger partial charge in [0.25, 0.3) is 21.6 Å². The molecule has 20 heteroatoms. The van der Waals surface area contributed by atoms with Gasteiger partial charge in [-0.05, 0) is 96.8 Å². The number of halogens is 1. The second kappa shape index (κ2) is 19.1. The molecule has 3 aliphatic heterocycles. The van der Waals surface area contributed by atoms with E-state index in [1.54, 1.807) is 12.3 Å². The molecule has 3 aromatic heterocycles. The largest absolute Gasteiger partial charge is 0.476 e. The average Bonchev–Trinajstić information content (AvgIpc) is 3.96. The molecule has 4 aliphatic rings. The number of hydrogen-bond donors (Lipinski definition) is 3. The highest BCUT2D eigenvalue weighted by Crippen LogP contribution is 2.44. The summed E-state index contributed by atoms with van der Waals surface area (Å²) in [5.41, 5.74) is 6.84. The molecule has 0 atom stereocenters. The van der Waals surface area contributed by atoms with Crippen molar-refractivity contribution in [1.82, 2.24) is 39.3 Å². The molecule has 0 radical (unpaired) electrons. The summed E-state index contributed by atoms with van der Waals surface area (Å²) in [6.07, 6.45) is 7.12. The fourth-order valence-electron chi connectivity index (χ4n) is 9.91. The van der Waals surface area contributed by atoms with Crippen LogP contribution in [0.5, 0.6) is 5.88 Å². The van der Waals surface area contributed by atoms with Crippen LogP contribution in [0.25, 0.3) is 16.6 Å².